The van der Waals surface area contributed by atoms with Crippen LogP contribution in [0.25, 0.3) is 0 Å². The largest absolute Gasteiger partial charge is 0.464 e. The molecule has 1 atom stereocenters. The molecule has 0 aliphatic carbocycles. The van der Waals surface area contributed by atoms with Crippen LogP contribution in [0, 0.1) is 0 Å². The lowest BCUT2D eigenvalue weighted by atomic mass is 10.1. The van der Waals surface area contributed by atoms with Gasteiger partial charge in [-0.3, -0.25) is 4.99 Å². The summed E-state index contributed by atoms with van der Waals surface area (Å²) < 4.78 is 10.0. The van der Waals surface area contributed by atoms with Gasteiger partial charge in [-0.05, 0) is 19.8 Å². The molecule has 1 rings (SSSR count). The van der Waals surface area contributed by atoms with Crippen LogP contribution >= 0.6 is 0 Å². The van der Waals surface area contributed by atoms with E-state index in [0.29, 0.717) is 12.4 Å². The zero-order valence-electron chi connectivity index (χ0n) is 8.36. The summed E-state index contributed by atoms with van der Waals surface area (Å²) in [6.07, 6.45) is 1.57. The molecule has 0 radical (unpaired) electrons. The van der Waals surface area contributed by atoms with Gasteiger partial charge < -0.3 is 15.2 Å². The smallest absolute Gasteiger partial charge is 0.332 e. The molecule has 0 saturated heterocycles. The topological polar surface area (TPSA) is 73.9 Å². The van der Waals surface area contributed by atoms with Crippen LogP contribution in [0.4, 0.5) is 0 Å². The maximum absolute atomic E-state index is 11.0. The zero-order valence-corrected chi connectivity index (χ0v) is 8.36. The Morgan fingerprint density at radius 1 is 1.71 bits per heavy atom. The first-order chi connectivity index (χ1) is 6.74. The molecule has 5 heteroatoms. The van der Waals surface area contributed by atoms with E-state index in [1.54, 1.807) is 6.92 Å². The van der Waals surface area contributed by atoms with E-state index in [2.05, 4.69) is 4.99 Å². The van der Waals surface area contributed by atoms with Crippen molar-refractivity contribution in [2.45, 2.75) is 25.9 Å². The minimum Gasteiger partial charge on any atom is -0.464 e. The molecule has 14 heavy (non-hydrogen) atoms. The highest BCUT2D eigenvalue weighted by Crippen LogP contribution is 2.08. The van der Waals surface area contributed by atoms with E-state index < -0.39 is 0 Å². The maximum atomic E-state index is 11.0. The Morgan fingerprint density at radius 2 is 2.50 bits per heavy atom. The minimum absolute atomic E-state index is 0.0469. The molecule has 1 aliphatic rings. The van der Waals surface area contributed by atoms with Crippen molar-refractivity contribution in [1.29, 1.82) is 0 Å². The van der Waals surface area contributed by atoms with Crippen LogP contribution in [-0.4, -0.2) is 37.7 Å². The summed E-state index contributed by atoms with van der Waals surface area (Å²) in [5.74, 6) is 0.131. The van der Waals surface area contributed by atoms with Crippen molar-refractivity contribution in [3.63, 3.8) is 0 Å². The van der Waals surface area contributed by atoms with Gasteiger partial charge in [0, 0.05) is 6.54 Å². The van der Waals surface area contributed by atoms with Crippen molar-refractivity contribution in [3.8, 4) is 0 Å². The third-order valence-electron chi connectivity index (χ3n) is 1.96. The van der Waals surface area contributed by atoms with Gasteiger partial charge in [0.15, 0.2) is 0 Å². The van der Waals surface area contributed by atoms with Crippen LogP contribution < -0.4 is 5.73 Å². The first-order valence-electron chi connectivity index (χ1n) is 4.81. The minimum atomic E-state index is -0.356. The Kier molecular flexibility index (Phi) is 4.39. The second kappa shape index (κ2) is 5.59. The van der Waals surface area contributed by atoms with Crippen LogP contribution in [-0.2, 0) is 14.3 Å². The van der Waals surface area contributed by atoms with Gasteiger partial charge in [-0.2, -0.15) is 0 Å². The molecule has 0 spiro atoms. The third kappa shape index (κ3) is 3.33. The monoisotopic (exact) mass is 200 g/mol. The van der Waals surface area contributed by atoms with Gasteiger partial charge in [0.2, 0.25) is 0 Å². The van der Waals surface area contributed by atoms with E-state index in [1.165, 1.54) is 0 Å². The number of carbonyl (C=O) groups excluding carboxylic acids is 1. The van der Waals surface area contributed by atoms with E-state index in [9.17, 15) is 4.79 Å². The predicted molar refractivity (Wildman–Crippen MR) is 52.1 cm³/mol. The summed E-state index contributed by atoms with van der Waals surface area (Å²) in [5.41, 5.74) is 5.61. The summed E-state index contributed by atoms with van der Waals surface area (Å²) in [6, 6.07) is 0. The molecule has 0 unspecified atom stereocenters. The fourth-order valence-corrected chi connectivity index (χ4v) is 1.27. The Morgan fingerprint density at radius 3 is 3.14 bits per heavy atom. The zero-order chi connectivity index (χ0) is 10.4. The fourth-order valence-electron chi connectivity index (χ4n) is 1.27. The molecule has 0 aromatic heterocycles. The average Bonchev–Trinajstić information content (AvgIpc) is 2.17. The van der Waals surface area contributed by atoms with Crippen LogP contribution in [0.2, 0.25) is 0 Å². The van der Waals surface area contributed by atoms with Gasteiger partial charge in [0.05, 0.1) is 6.61 Å². The van der Waals surface area contributed by atoms with Crippen molar-refractivity contribution in [3.05, 3.63) is 0 Å². The Bertz CT molecular complexity index is 228. The number of hydrogen-bond acceptors (Lipinski definition) is 5. The lowest BCUT2D eigenvalue weighted by Gasteiger charge is -2.20. The van der Waals surface area contributed by atoms with E-state index in [1.807, 2.05) is 0 Å². The summed E-state index contributed by atoms with van der Waals surface area (Å²) in [4.78, 5) is 15.0. The van der Waals surface area contributed by atoms with Crippen LogP contribution in [0.1, 0.15) is 19.8 Å². The van der Waals surface area contributed by atoms with Gasteiger partial charge in [-0.1, -0.05) is 0 Å². The van der Waals surface area contributed by atoms with Crippen molar-refractivity contribution >= 4 is 11.8 Å². The normalized spacial score (nSPS) is 21.5. The summed E-state index contributed by atoms with van der Waals surface area (Å²) in [6.45, 7) is 2.84. The molecule has 80 valence electrons. The highest BCUT2D eigenvalue weighted by atomic mass is 16.6. The van der Waals surface area contributed by atoms with Crippen LogP contribution in [0.3, 0.4) is 0 Å². The van der Waals surface area contributed by atoms with Crippen LogP contribution in [0.15, 0.2) is 4.99 Å². The molecular weight excluding hydrogens is 184 g/mol. The molecule has 0 saturated carbocycles. The third-order valence-corrected chi connectivity index (χ3v) is 1.96. The van der Waals surface area contributed by atoms with Crippen molar-refractivity contribution in [2.75, 3.05) is 19.8 Å². The van der Waals surface area contributed by atoms with Gasteiger partial charge in [0.1, 0.15) is 18.5 Å². The number of ether oxygens (including phenoxy) is 2. The molecule has 0 amide bonds. The summed E-state index contributed by atoms with van der Waals surface area (Å²) >= 11 is 0. The van der Waals surface area contributed by atoms with Gasteiger partial charge in [-0.25, -0.2) is 4.79 Å². The number of nitrogens with zero attached hydrogens (tertiary/aromatic N) is 1. The highest BCUT2D eigenvalue weighted by molar-refractivity contribution is 5.85. The molecule has 0 fully saturated rings. The van der Waals surface area contributed by atoms with Gasteiger partial charge in [0.25, 0.3) is 0 Å². The van der Waals surface area contributed by atoms with Crippen molar-refractivity contribution in [2.24, 2.45) is 10.7 Å². The highest BCUT2D eigenvalue weighted by Gasteiger charge is 2.18. The second-order valence-corrected chi connectivity index (χ2v) is 3.05. The molecule has 0 bridgehead atoms. The predicted octanol–water partition coefficient (Wildman–Crippen LogP) is 0.0857. The molecule has 1 aliphatic heterocycles. The van der Waals surface area contributed by atoms with Crippen molar-refractivity contribution in [1.82, 2.24) is 0 Å². The number of hydrogen-bond donors (Lipinski definition) is 1. The molecule has 0 aromatic carbocycles. The lowest BCUT2D eigenvalue weighted by molar-refractivity contribution is -0.149. The first-order valence-corrected chi connectivity index (χ1v) is 4.81. The second-order valence-electron chi connectivity index (χ2n) is 3.05. The lowest BCUT2D eigenvalue weighted by Crippen LogP contribution is -2.36. The molecule has 0 aromatic rings. The fraction of sp³-hybridized carbons (Fsp3) is 0.778. The van der Waals surface area contributed by atoms with E-state index in [4.69, 9.17) is 15.2 Å². The maximum Gasteiger partial charge on any atom is 0.332 e. The molecule has 5 nitrogen and oxygen atoms in total. The number of esters is 1. The quantitative estimate of drug-likeness (QED) is 0.652. The van der Waals surface area contributed by atoms with Crippen LogP contribution in [0.5, 0.6) is 0 Å². The number of nitrogens with two attached hydrogens (primary N) is 1. The summed E-state index contributed by atoms with van der Waals surface area (Å²) in [5, 5.41) is 0. The number of carbonyl (C=O) groups is 1. The molecular formula is C9H16N2O3. The standard InChI is InChI=1S/C9H16N2O3/c1-2-13-8(12)6-14-7-4-3-5-11-9(7)10/h7H,2-6H2,1H3,(H2,10,11)/t7-/m0/s1. The SMILES string of the molecule is CCOC(=O)CO[C@H]1CCCN=C1N. The van der Waals surface area contributed by atoms with E-state index in [0.717, 1.165) is 19.4 Å². The first kappa shape index (κ1) is 11.0. The number of rotatable bonds is 4. The summed E-state index contributed by atoms with van der Waals surface area (Å²) in [7, 11) is 0. The number of aliphatic imine (C=N–C) groups is 1. The van der Waals surface area contributed by atoms with Crippen molar-refractivity contribution < 1.29 is 14.3 Å². The Labute approximate surface area is 83.3 Å². The number of amidine groups is 1. The molecule has 1 heterocycles. The average molecular weight is 200 g/mol. The van der Waals surface area contributed by atoms with E-state index >= 15 is 0 Å². The Hall–Kier alpha value is -1.10. The van der Waals surface area contributed by atoms with Gasteiger partial charge >= 0.3 is 5.97 Å². The molecule has 2 N–H and O–H groups in total. The van der Waals surface area contributed by atoms with Gasteiger partial charge in [-0.15, -0.1) is 0 Å². The van der Waals surface area contributed by atoms with E-state index in [-0.39, 0.29) is 18.7 Å². The Balaban J connectivity index is 2.26.